The molecular formula is C49H49NS2. The third kappa shape index (κ3) is 4.77. The number of nitrogens with zero attached hydrogens (tertiary/aromatic N) is 1. The van der Waals surface area contributed by atoms with E-state index >= 15 is 0 Å². The Morgan fingerprint density at radius 3 is 2.63 bits per heavy atom. The summed E-state index contributed by atoms with van der Waals surface area (Å²) < 4.78 is 0. The Morgan fingerprint density at radius 2 is 1.71 bits per heavy atom. The monoisotopic (exact) mass is 715 g/mol. The lowest BCUT2D eigenvalue weighted by Gasteiger charge is -2.60. The number of thioether (sulfide) groups is 2. The van der Waals surface area contributed by atoms with E-state index in [1.165, 1.54) is 78.8 Å². The summed E-state index contributed by atoms with van der Waals surface area (Å²) in [4.78, 5) is 5.92. The molecule has 1 fully saturated rings. The van der Waals surface area contributed by atoms with Crippen molar-refractivity contribution in [2.45, 2.75) is 109 Å². The Labute approximate surface area is 319 Å². The fraction of sp³-hybridized carbons (Fsp3) is 0.388. The summed E-state index contributed by atoms with van der Waals surface area (Å²) in [5, 5.41) is 1.21. The Bertz CT molecular complexity index is 2100. The van der Waals surface area contributed by atoms with Gasteiger partial charge in [0.25, 0.3) is 0 Å². The zero-order chi connectivity index (χ0) is 34.2. The highest BCUT2D eigenvalue weighted by Gasteiger charge is 2.60. The first-order valence-corrected chi connectivity index (χ1v) is 22.1. The molecule has 9 aliphatic rings. The van der Waals surface area contributed by atoms with E-state index < -0.39 is 0 Å². The van der Waals surface area contributed by atoms with Crippen LogP contribution >= 0.6 is 23.5 Å². The number of anilines is 1. The van der Waals surface area contributed by atoms with Crippen molar-refractivity contribution >= 4 is 29.2 Å². The van der Waals surface area contributed by atoms with Crippen molar-refractivity contribution in [1.29, 1.82) is 0 Å². The van der Waals surface area contributed by atoms with Crippen molar-refractivity contribution < 1.29 is 0 Å². The number of rotatable bonds is 3. The first-order valence-electron chi connectivity index (χ1n) is 20.3. The van der Waals surface area contributed by atoms with Crippen LogP contribution in [-0.2, 0) is 5.41 Å². The maximum atomic E-state index is 2.87. The van der Waals surface area contributed by atoms with Gasteiger partial charge in [-0.25, -0.2) is 0 Å². The molecule has 8 unspecified atom stereocenters. The third-order valence-corrected chi connectivity index (χ3v) is 17.0. The molecular weight excluding hydrogens is 667 g/mol. The van der Waals surface area contributed by atoms with Crippen LogP contribution < -0.4 is 4.90 Å². The zero-order valence-electron chi connectivity index (χ0n) is 30.1. The van der Waals surface area contributed by atoms with Gasteiger partial charge in [-0.05, 0) is 122 Å². The normalized spacial score (nSPS) is 35.2. The lowest BCUT2D eigenvalue weighted by Crippen LogP contribution is -2.57. The maximum Gasteiger partial charge on any atom is 0.0626 e. The summed E-state index contributed by atoms with van der Waals surface area (Å²) in [5.41, 5.74) is 12.7. The molecule has 3 heterocycles. The van der Waals surface area contributed by atoms with Gasteiger partial charge in [0.2, 0.25) is 0 Å². The summed E-state index contributed by atoms with van der Waals surface area (Å²) in [7, 11) is 0. The largest absolute Gasteiger partial charge is 0.337 e. The van der Waals surface area contributed by atoms with Crippen LogP contribution in [0.2, 0.25) is 0 Å². The number of benzene rings is 2. The molecule has 1 nitrogen and oxygen atoms in total. The molecule has 0 saturated carbocycles. The number of fused-ring (bicyclic) bond motifs is 10. The minimum absolute atomic E-state index is 0.0214. The van der Waals surface area contributed by atoms with E-state index in [0.717, 1.165) is 19.3 Å². The molecule has 6 aliphatic carbocycles. The van der Waals surface area contributed by atoms with Crippen LogP contribution in [0, 0.1) is 11.8 Å². The molecule has 0 aromatic heterocycles. The van der Waals surface area contributed by atoms with Gasteiger partial charge in [-0.3, -0.25) is 0 Å². The first-order chi connectivity index (χ1) is 25.8. The van der Waals surface area contributed by atoms with E-state index in [9.17, 15) is 0 Å². The fourth-order valence-corrected chi connectivity index (χ4v) is 15.2. The summed E-state index contributed by atoms with van der Waals surface area (Å²) in [6.45, 7) is 0. The van der Waals surface area contributed by atoms with Crippen LogP contribution in [0.15, 0.2) is 154 Å². The lowest BCUT2D eigenvalue weighted by atomic mass is 9.52. The minimum atomic E-state index is -0.0214. The van der Waals surface area contributed by atoms with Crippen LogP contribution in [0.5, 0.6) is 0 Å². The van der Waals surface area contributed by atoms with Gasteiger partial charge >= 0.3 is 0 Å². The average molecular weight is 716 g/mol. The van der Waals surface area contributed by atoms with Gasteiger partial charge in [-0.2, -0.15) is 0 Å². The molecule has 1 spiro atoms. The predicted molar refractivity (Wildman–Crippen MR) is 222 cm³/mol. The molecule has 0 radical (unpaired) electrons. The van der Waals surface area contributed by atoms with E-state index in [4.69, 9.17) is 0 Å². The second-order valence-electron chi connectivity index (χ2n) is 16.5. The van der Waals surface area contributed by atoms with E-state index in [1.807, 2.05) is 0 Å². The van der Waals surface area contributed by atoms with Gasteiger partial charge in [-0.15, -0.1) is 11.8 Å². The minimum Gasteiger partial charge on any atom is -0.337 e. The molecule has 11 rings (SSSR count). The average Bonchev–Trinajstić information content (AvgIpc) is 3.56. The van der Waals surface area contributed by atoms with Crippen molar-refractivity contribution in [2.75, 3.05) is 4.90 Å². The van der Waals surface area contributed by atoms with Crippen LogP contribution in [0.4, 0.5) is 5.69 Å². The second kappa shape index (κ2) is 12.9. The SMILES string of the molecule is C1=CCCC(N2c3c(C4CC=CC5=C4Sc4ccccc4C54C5C=C(C6=CCCCC6)CCC5SC5C=CCCC54)cccc3C3C=CC=CC32)=C1. The van der Waals surface area contributed by atoms with Crippen molar-refractivity contribution in [1.82, 2.24) is 0 Å². The summed E-state index contributed by atoms with van der Waals surface area (Å²) >= 11 is 4.46. The number of hydrogen-bond acceptors (Lipinski definition) is 3. The second-order valence-corrected chi connectivity index (χ2v) is 19.0. The molecule has 2 aromatic rings. The van der Waals surface area contributed by atoms with Gasteiger partial charge in [0.1, 0.15) is 0 Å². The number of hydrogen-bond donors (Lipinski definition) is 0. The predicted octanol–water partition coefficient (Wildman–Crippen LogP) is 12.9. The first kappa shape index (κ1) is 32.1. The molecule has 3 aliphatic heterocycles. The van der Waals surface area contributed by atoms with Gasteiger partial charge in [0.15, 0.2) is 0 Å². The Kier molecular flexibility index (Phi) is 7.94. The van der Waals surface area contributed by atoms with Gasteiger partial charge in [0, 0.05) is 54.9 Å². The Balaban J connectivity index is 1.13. The maximum absolute atomic E-state index is 2.87. The molecule has 52 heavy (non-hydrogen) atoms. The van der Waals surface area contributed by atoms with Gasteiger partial charge in [0.05, 0.1) is 6.04 Å². The quantitative estimate of drug-likeness (QED) is 0.291. The molecule has 0 bridgehead atoms. The van der Waals surface area contributed by atoms with Crippen LogP contribution in [0.1, 0.15) is 99.2 Å². The smallest absolute Gasteiger partial charge is 0.0626 e. The summed E-state index contributed by atoms with van der Waals surface area (Å²) in [5.74, 6) is 1.84. The van der Waals surface area contributed by atoms with Crippen molar-refractivity contribution in [3.63, 3.8) is 0 Å². The summed E-state index contributed by atoms with van der Waals surface area (Å²) in [6, 6.07) is 17.4. The van der Waals surface area contributed by atoms with Crippen molar-refractivity contribution in [2.24, 2.45) is 11.8 Å². The van der Waals surface area contributed by atoms with E-state index in [-0.39, 0.29) is 5.41 Å². The molecule has 0 amide bonds. The third-order valence-electron chi connectivity index (χ3n) is 14.0. The Hall–Kier alpha value is -3.40. The van der Waals surface area contributed by atoms with Crippen LogP contribution in [-0.4, -0.2) is 16.5 Å². The standard InChI is InChI=1S/C49H49NS2/c1-3-15-32(16-4-1)33-29-30-46-42(31-33)49(39-23-8-11-27-44(39)51-46)40-24-9-12-28-45(40)52-48-38(22-14-25-41(48)49)37-21-13-20-36-35-19-7-10-26-43(35)50(47(36)37)34-17-5-2-6-18-34/h2,5,7,9-15,17,19-21,24-28,31,35,38-39,42-44,46H,1,3-4,6,8,16,18,22-23,29-30H2. The highest BCUT2D eigenvalue weighted by atomic mass is 32.2. The fourth-order valence-electron chi connectivity index (χ4n) is 11.9. The molecule has 262 valence electrons. The van der Waals surface area contributed by atoms with Crippen LogP contribution in [0.25, 0.3) is 0 Å². The number of allylic oxidation sites excluding steroid dienone is 15. The van der Waals surface area contributed by atoms with Crippen molar-refractivity contribution in [3.8, 4) is 0 Å². The van der Waals surface area contributed by atoms with Gasteiger partial charge in [-0.1, -0.05) is 121 Å². The summed E-state index contributed by atoms with van der Waals surface area (Å²) in [6.07, 6.45) is 45.9. The lowest BCUT2D eigenvalue weighted by molar-refractivity contribution is 0.202. The molecule has 3 heteroatoms. The Morgan fingerprint density at radius 1 is 0.769 bits per heavy atom. The van der Waals surface area contributed by atoms with E-state index in [0.29, 0.717) is 40.2 Å². The molecule has 2 aromatic carbocycles. The van der Waals surface area contributed by atoms with Crippen molar-refractivity contribution in [3.05, 3.63) is 165 Å². The molecule has 0 N–H and O–H groups in total. The highest BCUT2D eigenvalue weighted by molar-refractivity contribution is 8.03. The number of para-hydroxylation sites is 1. The highest BCUT2D eigenvalue weighted by Crippen LogP contribution is 2.68. The molecule has 8 atom stereocenters. The zero-order valence-corrected chi connectivity index (χ0v) is 31.8. The van der Waals surface area contributed by atoms with E-state index in [2.05, 4.69) is 150 Å². The van der Waals surface area contributed by atoms with E-state index in [1.54, 1.807) is 27.2 Å². The molecule has 1 saturated heterocycles. The van der Waals surface area contributed by atoms with Crippen LogP contribution in [0.3, 0.4) is 0 Å². The topological polar surface area (TPSA) is 3.24 Å². The van der Waals surface area contributed by atoms with Gasteiger partial charge < -0.3 is 4.90 Å².